The molecule has 0 spiro atoms. The lowest BCUT2D eigenvalue weighted by molar-refractivity contribution is -0.671. The molecule has 0 N–H and O–H groups in total. The molecular weight excluding hydrogens is 730 g/mol. The highest BCUT2D eigenvalue weighted by Crippen LogP contribution is 2.63. The molecule has 0 amide bonds. The van der Waals surface area contributed by atoms with E-state index >= 15 is 0 Å². The van der Waals surface area contributed by atoms with Crippen LogP contribution in [-0.2, 0) is 25.4 Å². The van der Waals surface area contributed by atoms with Gasteiger partial charge in [0.2, 0.25) is 0 Å². The molecule has 3 aromatic rings. The molecule has 8 heteroatoms. The molecule has 6 rings (SSSR count). The number of aryl methyl sites for hydroxylation is 3. The van der Waals surface area contributed by atoms with Gasteiger partial charge in [-0.1, -0.05) is 13.0 Å². The van der Waals surface area contributed by atoms with E-state index in [1.54, 1.807) is 22.9 Å². The van der Waals surface area contributed by atoms with Gasteiger partial charge in [-0.3, -0.25) is 9.68 Å². The van der Waals surface area contributed by atoms with Gasteiger partial charge in [-0.2, -0.15) is 0 Å². The van der Waals surface area contributed by atoms with Crippen molar-refractivity contribution >= 4 is 11.8 Å². The van der Waals surface area contributed by atoms with Crippen molar-refractivity contribution < 1.29 is 76.5 Å². The molecule has 6 nitrogen and oxygen atoms in total. The van der Waals surface area contributed by atoms with Gasteiger partial charge in [0.15, 0.2) is 36.3 Å². The van der Waals surface area contributed by atoms with E-state index in [-0.39, 0.29) is 59.3 Å². The Kier molecular flexibility index (Phi) is 9.59. The predicted molar refractivity (Wildman–Crippen MR) is 140 cm³/mol. The SMILES string of the molecule is C[n+]1cccc(C(=O)OOc2ccc3c(c2)CC[C@@H]2[C@@H]3CC[C@]3(C)[C@@H](C(=O)c4ccc[n+](C)c4)CC[C@@H]23)c1.[I-].[I-]. The smallest absolute Gasteiger partial charge is 0.392 e. The lowest BCUT2D eigenvalue weighted by atomic mass is 9.53. The highest BCUT2D eigenvalue weighted by Gasteiger charge is 2.56. The van der Waals surface area contributed by atoms with E-state index in [1.807, 2.05) is 61.5 Å². The predicted octanol–water partition coefficient (Wildman–Crippen LogP) is -1.15. The van der Waals surface area contributed by atoms with Gasteiger partial charge in [0, 0.05) is 18.1 Å². The van der Waals surface area contributed by atoms with Gasteiger partial charge < -0.3 is 48.0 Å². The number of fused-ring (bicyclic) bond motifs is 5. The number of pyridine rings is 2. The van der Waals surface area contributed by atoms with Crippen molar-refractivity contribution in [1.82, 2.24) is 0 Å². The van der Waals surface area contributed by atoms with Crippen LogP contribution in [-0.4, -0.2) is 11.8 Å². The molecule has 212 valence electrons. The number of carbonyl (C=O) groups is 2. The third kappa shape index (κ3) is 5.67. The monoisotopic (exact) mass is 766 g/mol. The Labute approximate surface area is 270 Å². The maximum atomic E-state index is 13.6. The second kappa shape index (κ2) is 12.4. The molecule has 0 unspecified atom stereocenters. The van der Waals surface area contributed by atoms with Crippen LogP contribution in [0.25, 0.3) is 0 Å². The van der Waals surface area contributed by atoms with Crippen molar-refractivity contribution in [2.45, 2.75) is 51.4 Å². The van der Waals surface area contributed by atoms with Gasteiger partial charge in [0.1, 0.15) is 19.7 Å². The molecule has 5 atom stereocenters. The molecule has 3 aliphatic rings. The maximum Gasteiger partial charge on any atom is 0.392 e. The maximum absolute atomic E-state index is 13.6. The number of aromatic nitrogens is 2. The molecule has 0 radical (unpaired) electrons. The summed E-state index contributed by atoms with van der Waals surface area (Å²) in [6.45, 7) is 2.39. The molecule has 40 heavy (non-hydrogen) atoms. The van der Waals surface area contributed by atoms with Crippen molar-refractivity contribution in [2.75, 3.05) is 0 Å². The van der Waals surface area contributed by atoms with E-state index in [9.17, 15) is 9.59 Å². The lowest BCUT2D eigenvalue weighted by Crippen LogP contribution is -3.00. The molecule has 0 bridgehead atoms. The molecule has 0 aliphatic heterocycles. The Balaban J connectivity index is 0.00000185. The second-order valence-electron chi connectivity index (χ2n) is 11.8. The quantitative estimate of drug-likeness (QED) is 0.108. The van der Waals surface area contributed by atoms with E-state index in [0.29, 0.717) is 34.8 Å². The summed E-state index contributed by atoms with van der Waals surface area (Å²) < 4.78 is 3.77. The minimum atomic E-state index is -0.514. The highest BCUT2D eigenvalue weighted by molar-refractivity contribution is 5.98. The number of Topliss-reactive ketones (excluding diaryl/α,β-unsaturated/α-hetero) is 1. The van der Waals surface area contributed by atoms with Gasteiger partial charge in [0.25, 0.3) is 0 Å². The average Bonchev–Trinajstić information content (AvgIpc) is 3.28. The van der Waals surface area contributed by atoms with Crippen LogP contribution in [0.4, 0.5) is 0 Å². The van der Waals surface area contributed by atoms with Crippen molar-refractivity contribution in [3.63, 3.8) is 0 Å². The summed E-state index contributed by atoms with van der Waals surface area (Å²) >= 11 is 0. The minimum absolute atomic E-state index is 0. The van der Waals surface area contributed by atoms with E-state index < -0.39 is 5.97 Å². The Bertz CT molecular complexity index is 1410. The zero-order chi connectivity index (χ0) is 26.4. The first-order valence-corrected chi connectivity index (χ1v) is 13.8. The highest BCUT2D eigenvalue weighted by atomic mass is 127. The summed E-state index contributed by atoms with van der Waals surface area (Å²) in [4.78, 5) is 36.6. The number of hydrogen-bond acceptors (Lipinski definition) is 4. The lowest BCUT2D eigenvalue weighted by Gasteiger charge is -2.50. The van der Waals surface area contributed by atoms with E-state index in [1.165, 1.54) is 11.1 Å². The van der Waals surface area contributed by atoms with Crippen LogP contribution < -0.4 is 62.0 Å². The van der Waals surface area contributed by atoms with Crippen LogP contribution in [0.5, 0.6) is 5.75 Å². The van der Waals surface area contributed by atoms with E-state index in [2.05, 4.69) is 13.0 Å². The van der Waals surface area contributed by atoms with Crippen molar-refractivity contribution in [2.24, 2.45) is 37.3 Å². The number of ketones is 1. The van der Waals surface area contributed by atoms with Crippen LogP contribution in [0.1, 0.15) is 76.8 Å². The van der Waals surface area contributed by atoms with Crippen molar-refractivity contribution in [3.05, 3.63) is 89.5 Å². The normalized spacial score (nSPS) is 26.2. The molecule has 3 aliphatic carbocycles. The fraction of sp³-hybridized carbons (Fsp3) is 0.438. The third-order valence-corrected chi connectivity index (χ3v) is 9.63. The Morgan fingerprint density at radius 2 is 1.60 bits per heavy atom. The van der Waals surface area contributed by atoms with Gasteiger partial charge in [0.05, 0.1) is 5.56 Å². The first-order valence-electron chi connectivity index (χ1n) is 13.8. The topological polar surface area (TPSA) is 60.4 Å². The standard InChI is InChI=1S/C32H36N2O4.2HI/c1-32-15-14-26-25-11-9-24(37-38-31(36)23-7-5-17-34(3)20-23)18-21(25)8-10-27(26)28(32)12-13-29(32)30(35)22-6-4-16-33(2)19-22;;/h4-7,9,11,16-20,26-29H,8,10,12-15H2,1-3H3;2*1H/q+2;;/p-2/t26-,27-,28+,29-,32+;;/m1../s1. The fourth-order valence-electron chi connectivity index (χ4n) is 7.82. The number of rotatable bonds is 5. The van der Waals surface area contributed by atoms with Gasteiger partial charge in [-0.05, 0) is 97.1 Å². The summed E-state index contributed by atoms with van der Waals surface area (Å²) in [5, 5.41) is 0. The zero-order valence-corrected chi connectivity index (χ0v) is 27.5. The zero-order valence-electron chi connectivity index (χ0n) is 23.2. The summed E-state index contributed by atoms with van der Waals surface area (Å²) in [5.41, 5.74) is 4.04. The first-order chi connectivity index (χ1) is 18.3. The molecule has 2 saturated carbocycles. The first kappa shape index (κ1) is 30.9. The van der Waals surface area contributed by atoms with Crippen molar-refractivity contribution in [3.8, 4) is 5.75 Å². The molecule has 2 heterocycles. The third-order valence-electron chi connectivity index (χ3n) is 9.63. The fourth-order valence-corrected chi connectivity index (χ4v) is 7.82. The Morgan fingerprint density at radius 3 is 2.33 bits per heavy atom. The van der Waals surface area contributed by atoms with Crippen LogP contribution in [0.3, 0.4) is 0 Å². The van der Waals surface area contributed by atoms with Crippen LogP contribution >= 0.6 is 0 Å². The van der Waals surface area contributed by atoms with Gasteiger partial charge >= 0.3 is 5.97 Å². The van der Waals surface area contributed by atoms with E-state index in [4.69, 9.17) is 9.78 Å². The van der Waals surface area contributed by atoms with Crippen LogP contribution in [0.15, 0.2) is 67.3 Å². The largest absolute Gasteiger partial charge is 1.00 e. The Morgan fingerprint density at radius 1 is 0.900 bits per heavy atom. The summed E-state index contributed by atoms with van der Waals surface area (Å²) in [5.74, 6) is 2.16. The number of hydrogen-bond donors (Lipinski definition) is 0. The average molecular weight is 766 g/mol. The molecule has 1 aromatic carbocycles. The number of carbonyl (C=O) groups excluding carboxylic acids is 2. The summed E-state index contributed by atoms with van der Waals surface area (Å²) in [6, 6.07) is 13.6. The minimum Gasteiger partial charge on any atom is -1.00 e. The Hall–Kier alpha value is -2.08. The van der Waals surface area contributed by atoms with Crippen LogP contribution in [0.2, 0.25) is 0 Å². The molecule has 0 saturated heterocycles. The molecular formula is C32H36I2N2O4. The summed E-state index contributed by atoms with van der Waals surface area (Å²) in [6.07, 6.45) is 13.9. The number of benzene rings is 1. The van der Waals surface area contributed by atoms with E-state index in [0.717, 1.165) is 44.1 Å². The van der Waals surface area contributed by atoms with Crippen molar-refractivity contribution in [1.29, 1.82) is 0 Å². The van der Waals surface area contributed by atoms with Gasteiger partial charge in [-0.25, -0.2) is 18.8 Å². The molecule has 2 aromatic heterocycles. The number of nitrogens with zero attached hydrogens (tertiary/aromatic N) is 2. The number of halogens is 2. The summed E-state index contributed by atoms with van der Waals surface area (Å²) in [7, 11) is 3.83. The molecule has 2 fully saturated rings. The van der Waals surface area contributed by atoms with Crippen LogP contribution in [0, 0.1) is 23.2 Å². The second-order valence-corrected chi connectivity index (χ2v) is 11.8. The van der Waals surface area contributed by atoms with Gasteiger partial charge in [-0.15, -0.1) is 0 Å².